The van der Waals surface area contributed by atoms with Crippen molar-refractivity contribution < 1.29 is 9.72 Å². The number of nitro groups is 1. The number of rotatable bonds is 2. The van der Waals surface area contributed by atoms with Crippen LogP contribution in [0.25, 0.3) is 5.52 Å². The van der Waals surface area contributed by atoms with E-state index in [4.69, 9.17) is 11.6 Å². The van der Waals surface area contributed by atoms with Gasteiger partial charge >= 0.3 is 0 Å². The maximum Gasteiger partial charge on any atom is 0.274 e. The quantitative estimate of drug-likeness (QED) is 0.509. The molecule has 0 aliphatic carbocycles. The largest absolute Gasteiger partial charge is 0.330 e. The number of nitro benzene ring substituents is 1. The maximum atomic E-state index is 13.0. The lowest BCUT2D eigenvalue weighted by Gasteiger charge is -2.34. The van der Waals surface area contributed by atoms with Crippen LogP contribution in [0, 0.1) is 10.1 Å². The van der Waals surface area contributed by atoms with Gasteiger partial charge < -0.3 is 4.90 Å². The number of benzene rings is 1. The van der Waals surface area contributed by atoms with E-state index in [9.17, 15) is 14.9 Å². The number of amides is 1. The van der Waals surface area contributed by atoms with Gasteiger partial charge in [0, 0.05) is 24.9 Å². The fourth-order valence-electron chi connectivity index (χ4n) is 3.41. The molecule has 1 aromatic carbocycles. The van der Waals surface area contributed by atoms with Gasteiger partial charge in [-0.2, -0.15) is 5.10 Å². The molecule has 132 valence electrons. The third-order valence-corrected chi connectivity index (χ3v) is 5.01. The summed E-state index contributed by atoms with van der Waals surface area (Å²) in [5.74, 6) is -0.200. The molecule has 0 N–H and O–H groups in total. The first-order valence-electron chi connectivity index (χ1n) is 8.17. The molecule has 1 unspecified atom stereocenters. The fraction of sp³-hybridized carbons (Fsp3) is 0.222. The van der Waals surface area contributed by atoms with Crippen molar-refractivity contribution in [3.63, 3.8) is 0 Å². The summed E-state index contributed by atoms with van der Waals surface area (Å²) < 4.78 is 1.57. The zero-order chi connectivity index (χ0) is 18.4. The van der Waals surface area contributed by atoms with E-state index in [1.807, 2.05) is 6.92 Å². The molecule has 26 heavy (non-hydrogen) atoms. The Morgan fingerprint density at radius 1 is 1.31 bits per heavy atom. The number of nitrogens with zero attached hydrogens (tertiary/aromatic N) is 4. The van der Waals surface area contributed by atoms with Gasteiger partial charge in [0.2, 0.25) is 0 Å². The van der Waals surface area contributed by atoms with Crippen molar-refractivity contribution in [3.05, 3.63) is 74.6 Å². The average molecular weight is 371 g/mol. The number of halogens is 1. The van der Waals surface area contributed by atoms with Crippen LogP contribution in [0.5, 0.6) is 0 Å². The van der Waals surface area contributed by atoms with Crippen LogP contribution in [0.15, 0.2) is 42.6 Å². The number of hydrogen-bond acceptors (Lipinski definition) is 4. The second kappa shape index (κ2) is 6.10. The molecular formula is C18H15ClN4O3. The van der Waals surface area contributed by atoms with Gasteiger partial charge in [-0.3, -0.25) is 14.9 Å². The van der Waals surface area contributed by atoms with Crippen LogP contribution in [0.4, 0.5) is 5.69 Å². The monoisotopic (exact) mass is 370 g/mol. The lowest BCUT2D eigenvalue weighted by atomic mass is 9.92. The summed E-state index contributed by atoms with van der Waals surface area (Å²) in [6.07, 6.45) is 2.30. The van der Waals surface area contributed by atoms with Gasteiger partial charge in [-0.25, -0.2) is 4.52 Å². The lowest BCUT2D eigenvalue weighted by Crippen LogP contribution is -2.39. The van der Waals surface area contributed by atoms with Crippen LogP contribution in [0.3, 0.4) is 0 Å². The molecule has 3 heterocycles. The first kappa shape index (κ1) is 16.5. The predicted octanol–water partition coefficient (Wildman–Crippen LogP) is 3.66. The molecule has 1 atom stereocenters. The summed E-state index contributed by atoms with van der Waals surface area (Å²) in [5.41, 5.74) is 2.98. The Morgan fingerprint density at radius 3 is 2.88 bits per heavy atom. The molecule has 3 aromatic rings. The van der Waals surface area contributed by atoms with E-state index < -0.39 is 4.92 Å². The fourth-order valence-corrected chi connectivity index (χ4v) is 3.56. The molecule has 0 spiro atoms. The molecule has 0 saturated heterocycles. The van der Waals surface area contributed by atoms with Gasteiger partial charge in [0.1, 0.15) is 0 Å². The van der Waals surface area contributed by atoms with Gasteiger partial charge in [-0.1, -0.05) is 17.7 Å². The van der Waals surface area contributed by atoms with Crippen molar-refractivity contribution in [1.29, 1.82) is 0 Å². The highest BCUT2D eigenvalue weighted by molar-refractivity contribution is 6.30. The Bertz CT molecular complexity index is 1050. The van der Waals surface area contributed by atoms with Crippen molar-refractivity contribution in [1.82, 2.24) is 14.5 Å². The van der Waals surface area contributed by atoms with Gasteiger partial charge in [0.05, 0.1) is 21.5 Å². The van der Waals surface area contributed by atoms with Crippen molar-refractivity contribution in [2.45, 2.75) is 19.4 Å². The van der Waals surface area contributed by atoms with E-state index in [0.717, 1.165) is 16.6 Å². The highest BCUT2D eigenvalue weighted by atomic mass is 35.5. The van der Waals surface area contributed by atoms with Gasteiger partial charge in [0.25, 0.3) is 11.6 Å². The van der Waals surface area contributed by atoms with Crippen molar-refractivity contribution in [3.8, 4) is 0 Å². The Kier molecular flexibility index (Phi) is 3.88. The molecule has 0 saturated carbocycles. The second-order valence-electron chi connectivity index (χ2n) is 6.31. The average Bonchev–Trinajstić information content (AvgIpc) is 3.04. The molecular weight excluding hydrogens is 356 g/mol. The van der Waals surface area contributed by atoms with Crippen molar-refractivity contribution >= 4 is 28.7 Å². The third kappa shape index (κ3) is 2.70. The van der Waals surface area contributed by atoms with Crippen LogP contribution in [-0.2, 0) is 6.42 Å². The Balaban J connectivity index is 1.68. The number of fused-ring (bicyclic) bond motifs is 2. The van der Waals surface area contributed by atoms with E-state index in [1.54, 1.807) is 45.9 Å². The summed E-state index contributed by atoms with van der Waals surface area (Å²) in [6, 6.07) is 9.83. The summed E-state index contributed by atoms with van der Waals surface area (Å²) in [6.45, 7) is 2.42. The molecule has 1 aliphatic rings. The van der Waals surface area contributed by atoms with Crippen molar-refractivity contribution in [2.24, 2.45) is 0 Å². The maximum absolute atomic E-state index is 13.0. The normalized spacial score (nSPS) is 16.5. The van der Waals surface area contributed by atoms with Gasteiger partial charge in [-0.15, -0.1) is 0 Å². The predicted molar refractivity (Wildman–Crippen MR) is 96.5 cm³/mol. The minimum Gasteiger partial charge on any atom is -0.330 e. The molecule has 1 amide bonds. The minimum atomic E-state index is -0.417. The first-order valence-corrected chi connectivity index (χ1v) is 8.55. The molecule has 1 aliphatic heterocycles. The number of carbonyl (C=O) groups is 1. The topological polar surface area (TPSA) is 80.8 Å². The smallest absolute Gasteiger partial charge is 0.274 e. The van der Waals surface area contributed by atoms with Crippen molar-refractivity contribution in [2.75, 3.05) is 6.54 Å². The SMILES string of the molecule is CC1c2cc([N+](=O)[O-])ccc2CCN1C(=O)c1cc2ccc(Cl)cn2n1. The highest BCUT2D eigenvalue weighted by Gasteiger charge is 2.30. The van der Waals surface area contributed by atoms with Crippen LogP contribution < -0.4 is 0 Å². The van der Waals surface area contributed by atoms with E-state index in [-0.39, 0.29) is 17.6 Å². The Hall–Kier alpha value is -2.93. The summed E-state index contributed by atoms with van der Waals surface area (Å²) in [4.78, 5) is 25.3. The molecule has 2 aromatic heterocycles. The Labute approximate surface area is 153 Å². The van der Waals surface area contributed by atoms with E-state index in [2.05, 4.69) is 5.10 Å². The number of aromatic nitrogens is 2. The standard InChI is InChI=1S/C18H15ClN4O3/c1-11-16-8-15(23(25)26)4-2-12(16)6-7-21(11)18(24)17-9-14-5-3-13(19)10-22(14)20-17/h2-5,8-11H,6-7H2,1H3. The number of hydrogen-bond donors (Lipinski definition) is 0. The highest BCUT2D eigenvalue weighted by Crippen LogP contribution is 2.33. The molecule has 0 bridgehead atoms. The Morgan fingerprint density at radius 2 is 2.12 bits per heavy atom. The molecule has 0 fully saturated rings. The van der Waals surface area contributed by atoms with Crippen LogP contribution in [-0.4, -0.2) is 31.9 Å². The summed E-state index contributed by atoms with van der Waals surface area (Å²) >= 11 is 5.96. The number of pyridine rings is 1. The first-order chi connectivity index (χ1) is 12.4. The van der Waals surface area contributed by atoms with E-state index >= 15 is 0 Å². The molecule has 7 nitrogen and oxygen atoms in total. The molecule has 8 heteroatoms. The molecule has 4 rings (SSSR count). The number of non-ortho nitro benzene ring substituents is 1. The van der Waals surface area contributed by atoms with Crippen LogP contribution in [0.1, 0.15) is 34.6 Å². The molecule has 0 radical (unpaired) electrons. The van der Waals surface area contributed by atoms with Gasteiger partial charge in [0.15, 0.2) is 5.69 Å². The number of carbonyl (C=O) groups excluding carboxylic acids is 1. The lowest BCUT2D eigenvalue weighted by molar-refractivity contribution is -0.385. The third-order valence-electron chi connectivity index (χ3n) is 4.78. The minimum absolute atomic E-state index is 0.0345. The summed E-state index contributed by atoms with van der Waals surface area (Å²) in [7, 11) is 0. The second-order valence-corrected chi connectivity index (χ2v) is 6.75. The zero-order valence-corrected chi connectivity index (χ0v) is 14.7. The zero-order valence-electron chi connectivity index (χ0n) is 13.9. The summed E-state index contributed by atoms with van der Waals surface area (Å²) in [5, 5.41) is 15.9. The van der Waals surface area contributed by atoms with E-state index in [1.165, 1.54) is 6.07 Å². The van der Waals surface area contributed by atoms with Gasteiger partial charge in [-0.05, 0) is 42.7 Å². The van der Waals surface area contributed by atoms with E-state index in [0.29, 0.717) is 23.7 Å². The van der Waals surface area contributed by atoms with Crippen LogP contribution in [0.2, 0.25) is 5.02 Å². The van der Waals surface area contributed by atoms with Crippen LogP contribution >= 0.6 is 11.6 Å².